The maximum absolute atomic E-state index is 12.8. The maximum atomic E-state index is 12.8. The number of hydrogen-bond acceptors (Lipinski definition) is 4. The fourth-order valence-electron chi connectivity index (χ4n) is 4.02. The molecule has 2 N–H and O–H groups in total. The van der Waals surface area contributed by atoms with Gasteiger partial charge in [0, 0.05) is 43.0 Å². The molecule has 0 spiro atoms. The number of aromatic nitrogens is 1. The number of fused-ring (bicyclic) bond motifs is 1. The van der Waals surface area contributed by atoms with Crippen molar-refractivity contribution in [3.63, 3.8) is 0 Å². The van der Waals surface area contributed by atoms with Crippen LogP contribution in [0.2, 0.25) is 0 Å². The standard InChI is InChI=1S/C22H23N5O3/c1-13(28)14-5-7-16(8-6-14)25-22(30)26-9-10-27-18(12-26)19(21(29)24-2)17(11-23)20(27)15-3-4-15/h5-8,15H,3-4,9-10,12H2,1-2H3,(H,24,29)(H,25,30). The van der Waals surface area contributed by atoms with E-state index < -0.39 is 0 Å². The Hall–Kier alpha value is -3.60. The number of benzene rings is 1. The largest absolute Gasteiger partial charge is 0.355 e. The van der Waals surface area contributed by atoms with E-state index in [2.05, 4.69) is 21.3 Å². The van der Waals surface area contributed by atoms with Gasteiger partial charge in [0.1, 0.15) is 6.07 Å². The molecule has 154 valence electrons. The van der Waals surface area contributed by atoms with E-state index >= 15 is 0 Å². The van der Waals surface area contributed by atoms with Crippen molar-refractivity contribution in [3.05, 3.63) is 52.3 Å². The van der Waals surface area contributed by atoms with Crippen molar-refractivity contribution in [2.24, 2.45) is 0 Å². The van der Waals surface area contributed by atoms with Crippen LogP contribution in [0.4, 0.5) is 10.5 Å². The predicted molar refractivity (Wildman–Crippen MR) is 110 cm³/mol. The third kappa shape index (κ3) is 3.43. The first-order valence-corrected chi connectivity index (χ1v) is 9.99. The van der Waals surface area contributed by atoms with Gasteiger partial charge >= 0.3 is 6.03 Å². The highest BCUT2D eigenvalue weighted by atomic mass is 16.2. The molecule has 2 aliphatic rings. The molecule has 1 saturated carbocycles. The van der Waals surface area contributed by atoms with E-state index in [0.29, 0.717) is 47.1 Å². The van der Waals surface area contributed by atoms with Crippen molar-refractivity contribution < 1.29 is 14.4 Å². The Bertz CT molecular complexity index is 1070. The summed E-state index contributed by atoms with van der Waals surface area (Å²) in [5.74, 6) is -0.0209. The molecule has 0 saturated heterocycles. The van der Waals surface area contributed by atoms with Gasteiger partial charge in [0.05, 0.1) is 23.4 Å². The van der Waals surface area contributed by atoms with Gasteiger partial charge in [-0.15, -0.1) is 0 Å². The second kappa shape index (κ2) is 7.67. The van der Waals surface area contributed by atoms with Gasteiger partial charge in [0.2, 0.25) is 0 Å². The Balaban J connectivity index is 1.59. The van der Waals surface area contributed by atoms with Crippen molar-refractivity contribution in [3.8, 4) is 6.07 Å². The molecule has 30 heavy (non-hydrogen) atoms. The number of nitrogens with one attached hydrogen (secondary N) is 2. The molecule has 8 nitrogen and oxygen atoms in total. The van der Waals surface area contributed by atoms with Crippen LogP contribution in [0.15, 0.2) is 24.3 Å². The molecule has 1 fully saturated rings. The zero-order valence-electron chi connectivity index (χ0n) is 17.0. The highest BCUT2D eigenvalue weighted by Crippen LogP contribution is 2.45. The summed E-state index contributed by atoms with van der Waals surface area (Å²) in [6.07, 6.45) is 2.04. The van der Waals surface area contributed by atoms with Gasteiger partial charge in [-0.25, -0.2) is 4.79 Å². The Kier molecular flexibility index (Phi) is 5.04. The first-order valence-electron chi connectivity index (χ1n) is 9.99. The quantitative estimate of drug-likeness (QED) is 0.763. The molecule has 8 heteroatoms. The molecule has 1 aromatic carbocycles. The number of nitrogens with zero attached hydrogens (tertiary/aromatic N) is 3. The van der Waals surface area contributed by atoms with E-state index in [9.17, 15) is 19.6 Å². The number of ketones is 1. The summed E-state index contributed by atoms with van der Waals surface area (Å²) in [5.41, 5.74) is 3.63. The number of anilines is 1. The molecule has 3 amide bonds. The van der Waals surface area contributed by atoms with E-state index in [-0.39, 0.29) is 24.3 Å². The van der Waals surface area contributed by atoms with Crippen LogP contribution in [0.1, 0.15) is 63.4 Å². The number of Topliss-reactive ketones (excluding diaryl/α,β-unsaturated/α-hetero) is 1. The zero-order chi connectivity index (χ0) is 21.4. The minimum atomic E-state index is -0.302. The Morgan fingerprint density at radius 2 is 1.83 bits per heavy atom. The molecular weight excluding hydrogens is 382 g/mol. The van der Waals surface area contributed by atoms with Crippen molar-refractivity contribution in [2.75, 3.05) is 18.9 Å². The Labute approximate surface area is 174 Å². The van der Waals surface area contributed by atoms with Gasteiger partial charge in [-0.05, 0) is 44.0 Å². The van der Waals surface area contributed by atoms with Crippen molar-refractivity contribution >= 4 is 23.4 Å². The molecule has 2 heterocycles. The van der Waals surface area contributed by atoms with E-state index in [4.69, 9.17) is 0 Å². The number of urea groups is 1. The van der Waals surface area contributed by atoms with Gasteiger partial charge in [0.25, 0.3) is 5.91 Å². The lowest BCUT2D eigenvalue weighted by molar-refractivity contribution is 0.0958. The summed E-state index contributed by atoms with van der Waals surface area (Å²) >= 11 is 0. The van der Waals surface area contributed by atoms with E-state index in [1.54, 1.807) is 36.2 Å². The molecule has 1 aromatic heterocycles. The zero-order valence-corrected chi connectivity index (χ0v) is 17.0. The molecule has 0 unspecified atom stereocenters. The summed E-state index contributed by atoms with van der Waals surface area (Å²) in [6.45, 7) is 2.77. The van der Waals surface area contributed by atoms with Gasteiger partial charge in [-0.1, -0.05) is 0 Å². The molecule has 0 atom stereocenters. The molecular formula is C22H23N5O3. The second-order valence-corrected chi connectivity index (χ2v) is 7.68. The minimum absolute atomic E-state index is 0.0360. The smallest absolute Gasteiger partial charge is 0.322 e. The number of amides is 3. The first kappa shape index (κ1) is 19.7. The minimum Gasteiger partial charge on any atom is -0.355 e. The third-order valence-corrected chi connectivity index (χ3v) is 5.71. The van der Waals surface area contributed by atoms with Crippen molar-refractivity contribution in [2.45, 2.75) is 38.8 Å². The average Bonchev–Trinajstić information content (AvgIpc) is 3.53. The van der Waals surface area contributed by atoms with Crippen LogP contribution in [-0.4, -0.2) is 40.8 Å². The number of nitriles is 1. The lowest BCUT2D eigenvalue weighted by atomic mass is 10.1. The van der Waals surface area contributed by atoms with Crippen LogP contribution in [0.5, 0.6) is 0 Å². The van der Waals surface area contributed by atoms with E-state index in [1.807, 2.05) is 0 Å². The highest BCUT2D eigenvalue weighted by molar-refractivity contribution is 5.99. The Morgan fingerprint density at radius 3 is 2.40 bits per heavy atom. The summed E-state index contributed by atoms with van der Waals surface area (Å²) < 4.78 is 2.06. The van der Waals surface area contributed by atoms with Crippen LogP contribution in [-0.2, 0) is 13.1 Å². The number of carbonyl (C=O) groups is 3. The van der Waals surface area contributed by atoms with Crippen LogP contribution in [0, 0.1) is 11.3 Å². The lowest BCUT2D eigenvalue weighted by Crippen LogP contribution is -2.41. The average molecular weight is 405 g/mol. The molecule has 0 radical (unpaired) electrons. The Morgan fingerprint density at radius 1 is 1.13 bits per heavy atom. The van der Waals surface area contributed by atoms with Gasteiger partial charge in [-0.3, -0.25) is 9.59 Å². The lowest BCUT2D eigenvalue weighted by Gasteiger charge is -2.30. The summed E-state index contributed by atoms with van der Waals surface area (Å²) in [4.78, 5) is 38.4. The monoisotopic (exact) mass is 405 g/mol. The normalized spacial score (nSPS) is 15.2. The summed E-state index contributed by atoms with van der Waals surface area (Å²) in [7, 11) is 1.54. The second-order valence-electron chi connectivity index (χ2n) is 7.68. The molecule has 1 aliphatic heterocycles. The topological polar surface area (TPSA) is 107 Å². The highest BCUT2D eigenvalue weighted by Gasteiger charge is 2.38. The predicted octanol–water partition coefficient (Wildman–Crippen LogP) is 2.85. The SMILES string of the molecule is CNC(=O)c1c(C#N)c(C2CC2)n2c1CN(C(=O)Nc1ccc(C(C)=O)cc1)CC2. The van der Waals surface area contributed by atoms with Crippen LogP contribution >= 0.6 is 0 Å². The van der Waals surface area contributed by atoms with Crippen LogP contribution < -0.4 is 10.6 Å². The maximum Gasteiger partial charge on any atom is 0.322 e. The van der Waals surface area contributed by atoms with Gasteiger partial charge in [0.15, 0.2) is 5.78 Å². The molecule has 4 rings (SSSR count). The van der Waals surface area contributed by atoms with Crippen LogP contribution in [0.3, 0.4) is 0 Å². The van der Waals surface area contributed by atoms with Crippen molar-refractivity contribution in [1.82, 2.24) is 14.8 Å². The fraction of sp³-hybridized carbons (Fsp3) is 0.364. The molecule has 2 aromatic rings. The van der Waals surface area contributed by atoms with E-state index in [1.165, 1.54) is 6.92 Å². The van der Waals surface area contributed by atoms with Gasteiger partial charge < -0.3 is 20.1 Å². The first-order chi connectivity index (χ1) is 14.4. The van der Waals surface area contributed by atoms with Gasteiger partial charge in [-0.2, -0.15) is 5.26 Å². The van der Waals surface area contributed by atoms with E-state index in [0.717, 1.165) is 18.5 Å². The molecule has 0 bridgehead atoms. The van der Waals surface area contributed by atoms with Crippen molar-refractivity contribution in [1.29, 1.82) is 5.26 Å². The molecule has 1 aliphatic carbocycles. The van der Waals surface area contributed by atoms with Crippen LogP contribution in [0.25, 0.3) is 0 Å². The third-order valence-electron chi connectivity index (χ3n) is 5.71. The number of rotatable bonds is 4. The summed E-state index contributed by atoms with van der Waals surface area (Å²) in [5, 5.41) is 15.2. The summed E-state index contributed by atoms with van der Waals surface area (Å²) in [6, 6.07) is 8.67. The number of hydrogen-bond donors (Lipinski definition) is 2. The number of carbonyl (C=O) groups excluding carboxylic acids is 3. The fourth-order valence-corrected chi connectivity index (χ4v) is 4.02.